The van der Waals surface area contributed by atoms with Crippen LogP contribution in [0.15, 0.2) is 47.4 Å². The maximum Gasteiger partial charge on any atom is 0.115 e. The first-order valence-electron chi connectivity index (χ1n) is 6.98. The number of aromatic hydroxyl groups is 1. The molecule has 0 fully saturated rings. The van der Waals surface area contributed by atoms with E-state index in [1.54, 1.807) is 17.8 Å². The minimum atomic E-state index is 0.344. The van der Waals surface area contributed by atoms with Crippen LogP contribution in [-0.4, -0.2) is 11.4 Å². The molecule has 2 aromatic rings. The Balaban J connectivity index is 1.85. The molecular weight excluding hydrogens is 266 g/mol. The van der Waals surface area contributed by atoms with Gasteiger partial charge >= 0.3 is 0 Å². The Morgan fingerprint density at radius 3 is 2.95 bits per heavy atom. The van der Waals surface area contributed by atoms with Crippen LogP contribution in [0, 0.1) is 0 Å². The lowest BCUT2D eigenvalue weighted by molar-refractivity contribution is 0.472. The zero-order chi connectivity index (χ0) is 13.9. The smallest absolute Gasteiger partial charge is 0.115 e. The van der Waals surface area contributed by atoms with Gasteiger partial charge in [-0.1, -0.05) is 12.1 Å². The van der Waals surface area contributed by atoms with Crippen LogP contribution in [0.1, 0.15) is 30.0 Å². The Kier molecular flexibility index (Phi) is 3.88. The number of rotatable bonds is 3. The van der Waals surface area contributed by atoms with Crippen molar-refractivity contribution in [1.29, 1.82) is 0 Å². The molecule has 2 aromatic carbocycles. The molecule has 1 aliphatic carbocycles. The minimum Gasteiger partial charge on any atom is -0.508 e. The first-order valence-corrected chi connectivity index (χ1v) is 8.21. The first kappa shape index (κ1) is 13.4. The van der Waals surface area contributed by atoms with E-state index >= 15 is 0 Å². The Bertz CT molecular complexity index is 612. The van der Waals surface area contributed by atoms with Gasteiger partial charge in [0.05, 0.1) is 6.04 Å². The molecule has 0 saturated heterocycles. The summed E-state index contributed by atoms with van der Waals surface area (Å²) in [4.78, 5) is 1.27. The number of thioether (sulfide) groups is 1. The van der Waals surface area contributed by atoms with Crippen molar-refractivity contribution in [3.05, 3.63) is 53.6 Å². The van der Waals surface area contributed by atoms with Crippen LogP contribution in [0.2, 0.25) is 0 Å². The molecule has 3 heteroatoms. The number of phenols is 1. The summed E-state index contributed by atoms with van der Waals surface area (Å²) in [5.74, 6) is 0.369. The molecule has 1 unspecified atom stereocenters. The number of fused-ring (bicyclic) bond motifs is 1. The fraction of sp³-hybridized carbons (Fsp3) is 0.294. The summed E-state index contributed by atoms with van der Waals surface area (Å²) in [5, 5.41) is 13.2. The summed E-state index contributed by atoms with van der Waals surface area (Å²) in [6.45, 7) is 0. The third-order valence-electron chi connectivity index (χ3n) is 3.85. The van der Waals surface area contributed by atoms with E-state index in [4.69, 9.17) is 0 Å². The highest BCUT2D eigenvalue weighted by molar-refractivity contribution is 7.98. The standard InChI is InChI=1S/C17H19NOS/c1-20-15-6-3-5-13(11-15)18-17-7-2-4-12-10-14(19)8-9-16(12)17/h3,5-6,8-11,17-19H,2,4,7H2,1H3. The molecule has 2 N–H and O–H groups in total. The van der Waals surface area contributed by atoms with Crippen LogP contribution in [-0.2, 0) is 6.42 Å². The molecule has 0 spiro atoms. The van der Waals surface area contributed by atoms with Crippen molar-refractivity contribution in [2.24, 2.45) is 0 Å². The molecule has 0 radical (unpaired) electrons. The van der Waals surface area contributed by atoms with Gasteiger partial charge in [-0.15, -0.1) is 11.8 Å². The average molecular weight is 285 g/mol. The normalized spacial score (nSPS) is 17.6. The van der Waals surface area contributed by atoms with Crippen LogP contribution in [0.5, 0.6) is 5.75 Å². The molecule has 0 amide bonds. The zero-order valence-electron chi connectivity index (χ0n) is 11.6. The summed E-state index contributed by atoms with van der Waals surface area (Å²) < 4.78 is 0. The molecule has 3 rings (SSSR count). The first-order chi connectivity index (χ1) is 9.76. The van der Waals surface area contributed by atoms with Crippen molar-refractivity contribution < 1.29 is 5.11 Å². The highest BCUT2D eigenvalue weighted by Gasteiger charge is 2.20. The largest absolute Gasteiger partial charge is 0.508 e. The number of anilines is 1. The maximum atomic E-state index is 9.61. The monoisotopic (exact) mass is 285 g/mol. The Morgan fingerprint density at radius 1 is 1.20 bits per heavy atom. The van der Waals surface area contributed by atoms with Crippen LogP contribution in [0.3, 0.4) is 0 Å². The topological polar surface area (TPSA) is 32.3 Å². The van der Waals surface area contributed by atoms with E-state index in [0.717, 1.165) is 19.3 Å². The average Bonchev–Trinajstić information content (AvgIpc) is 2.47. The van der Waals surface area contributed by atoms with Gasteiger partial charge in [-0.2, -0.15) is 0 Å². The van der Waals surface area contributed by atoms with Crippen molar-refractivity contribution in [2.75, 3.05) is 11.6 Å². The van der Waals surface area contributed by atoms with Crippen LogP contribution >= 0.6 is 11.8 Å². The van der Waals surface area contributed by atoms with Crippen LogP contribution in [0.25, 0.3) is 0 Å². The Morgan fingerprint density at radius 2 is 2.10 bits per heavy atom. The maximum absolute atomic E-state index is 9.61. The molecule has 0 saturated carbocycles. The number of aryl methyl sites for hydroxylation is 1. The second-order valence-electron chi connectivity index (χ2n) is 5.20. The van der Waals surface area contributed by atoms with Crippen LogP contribution in [0.4, 0.5) is 5.69 Å². The predicted octanol–water partition coefficient (Wildman–Crippen LogP) is 4.60. The summed E-state index contributed by atoms with van der Waals surface area (Å²) in [7, 11) is 0. The van der Waals surface area contributed by atoms with E-state index in [1.807, 2.05) is 6.07 Å². The molecule has 0 aromatic heterocycles. The Hall–Kier alpha value is -1.61. The number of phenolic OH excluding ortho intramolecular Hbond substituents is 1. The molecule has 0 aliphatic heterocycles. The van der Waals surface area contributed by atoms with Gasteiger partial charge in [-0.05, 0) is 67.0 Å². The predicted molar refractivity (Wildman–Crippen MR) is 85.6 cm³/mol. The zero-order valence-corrected chi connectivity index (χ0v) is 12.4. The van der Waals surface area contributed by atoms with Crippen molar-refractivity contribution >= 4 is 17.4 Å². The van der Waals surface area contributed by atoms with Gasteiger partial charge < -0.3 is 10.4 Å². The number of benzene rings is 2. The van der Waals surface area contributed by atoms with E-state index in [2.05, 4.69) is 41.9 Å². The van der Waals surface area contributed by atoms with E-state index in [1.165, 1.54) is 21.7 Å². The van der Waals surface area contributed by atoms with Gasteiger partial charge in [0.15, 0.2) is 0 Å². The van der Waals surface area contributed by atoms with Gasteiger partial charge in [0.2, 0.25) is 0 Å². The summed E-state index contributed by atoms with van der Waals surface area (Å²) in [6.07, 6.45) is 5.46. The molecule has 0 heterocycles. The van der Waals surface area contributed by atoms with Gasteiger partial charge in [0.25, 0.3) is 0 Å². The van der Waals surface area contributed by atoms with Crippen molar-refractivity contribution in [1.82, 2.24) is 0 Å². The Labute approximate surface area is 124 Å². The van der Waals surface area contributed by atoms with Crippen molar-refractivity contribution in [3.8, 4) is 5.75 Å². The lowest BCUT2D eigenvalue weighted by Crippen LogP contribution is -2.17. The fourth-order valence-corrected chi connectivity index (χ4v) is 3.32. The second kappa shape index (κ2) is 5.80. The lowest BCUT2D eigenvalue weighted by Gasteiger charge is -2.27. The van der Waals surface area contributed by atoms with E-state index < -0.39 is 0 Å². The SMILES string of the molecule is CSc1cccc(NC2CCCc3cc(O)ccc32)c1. The van der Waals surface area contributed by atoms with E-state index in [0.29, 0.717) is 11.8 Å². The summed E-state index contributed by atoms with van der Waals surface area (Å²) >= 11 is 1.76. The lowest BCUT2D eigenvalue weighted by atomic mass is 9.87. The van der Waals surface area contributed by atoms with Gasteiger partial charge in [0.1, 0.15) is 5.75 Å². The molecule has 104 valence electrons. The van der Waals surface area contributed by atoms with Gasteiger partial charge in [0, 0.05) is 10.6 Å². The quantitative estimate of drug-likeness (QED) is 0.808. The van der Waals surface area contributed by atoms with Crippen LogP contribution < -0.4 is 5.32 Å². The van der Waals surface area contributed by atoms with Crippen molar-refractivity contribution in [3.63, 3.8) is 0 Å². The number of nitrogens with one attached hydrogen (secondary N) is 1. The third kappa shape index (κ3) is 2.78. The molecule has 0 bridgehead atoms. The number of hydrogen-bond acceptors (Lipinski definition) is 3. The third-order valence-corrected chi connectivity index (χ3v) is 4.58. The number of hydrogen-bond donors (Lipinski definition) is 2. The fourth-order valence-electron chi connectivity index (χ4n) is 2.86. The molecule has 1 atom stereocenters. The highest BCUT2D eigenvalue weighted by atomic mass is 32.2. The van der Waals surface area contributed by atoms with Gasteiger partial charge in [-0.3, -0.25) is 0 Å². The van der Waals surface area contributed by atoms with E-state index in [-0.39, 0.29) is 0 Å². The molecular formula is C17H19NOS. The second-order valence-corrected chi connectivity index (χ2v) is 6.08. The highest BCUT2D eigenvalue weighted by Crippen LogP contribution is 2.34. The van der Waals surface area contributed by atoms with E-state index in [9.17, 15) is 5.11 Å². The molecule has 20 heavy (non-hydrogen) atoms. The summed E-state index contributed by atoms with van der Waals surface area (Å²) in [5.41, 5.74) is 3.76. The minimum absolute atomic E-state index is 0.344. The summed E-state index contributed by atoms with van der Waals surface area (Å²) in [6, 6.07) is 14.6. The van der Waals surface area contributed by atoms with Gasteiger partial charge in [-0.25, -0.2) is 0 Å². The van der Waals surface area contributed by atoms with Crippen molar-refractivity contribution in [2.45, 2.75) is 30.2 Å². The molecule has 2 nitrogen and oxygen atoms in total. The molecule has 1 aliphatic rings.